The van der Waals surface area contributed by atoms with E-state index in [0.717, 1.165) is 44.8 Å². The average molecular weight is 342 g/mol. The summed E-state index contributed by atoms with van der Waals surface area (Å²) in [5.74, 6) is 1.42. The zero-order valence-electron chi connectivity index (χ0n) is 14.7. The van der Waals surface area contributed by atoms with E-state index < -0.39 is 0 Å². The van der Waals surface area contributed by atoms with Gasteiger partial charge in [-0.3, -0.25) is 0 Å². The predicted molar refractivity (Wildman–Crippen MR) is 96.5 cm³/mol. The minimum atomic E-state index is 0.0232. The molecule has 2 heterocycles. The maximum atomic E-state index is 12.4. The zero-order valence-corrected chi connectivity index (χ0v) is 14.7. The number of carbonyl (C=O) groups is 1. The Hall–Kier alpha value is -2.50. The number of imidazole rings is 1. The molecule has 0 unspecified atom stereocenters. The number of urea groups is 1. The van der Waals surface area contributed by atoms with Crippen LogP contribution in [0.3, 0.4) is 0 Å². The number of piperidine rings is 1. The van der Waals surface area contributed by atoms with Crippen molar-refractivity contribution in [1.82, 2.24) is 19.8 Å². The molecule has 1 N–H and O–H groups in total. The summed E-state index contributed by atoms with van der Waals surface area (Å²) >= 11 is 0. The van der Waals surface area contributed by atoms with Crippen LogP contribution in [0.25, 0.3) is 0 Å². The summed E-state index contributed by atoms with van der Waals surface area (Å²) < 4.78 is 7.81. The van der Waals surface area contributed by atoms with Crippen LogP contribution in [0.5, 0.6) is 5.75 Å². The maximum absolute atomic E-state index is 12.4. The van der Waals surface area contributed by atoms with Crippen molar-refractivity contribution < 1.29 is 9.53 Å². The molecule has 2 amide bonds. The highest BCUT2D eigenvalue weighted by Crippen LogP contribution is 2.19. The molecule has 0 aliphatic carbocycles. The molecule has 0 spiro atoms. The molecule has 1 saturated heterocycles. The Bertz CT molecular complexity index is 637. The number of para-hydroxylation sites is 1. The summed E-state index contributed by atoms with van der Waals surface area (Å²) in [5.41, 5.74) is 0. The van der Waals surface area contributed by atoms with Crippen molar-refractivity contribution in [3.8, 4) is 5.75 Å². The van der Waals surface area contributed by atoms with Crippen LogP contribution in [-0.4, -0.2) is 46.2 Å². The number of nitrogens with zero attached hydrogens (tertiary/aromatic N) is 3. The third-order valence-corrected chi connectivity index (χ3v) is 4.54. The summed E-state index contributed by atoms with van der Waals surface area (Å²) in [6.45, 7) is 5.03. The highest BCUT2D eigenvalue weighted by Gasteiger charge is 2.24. The van der Waals surface area contributed by atoms with E-state index in [0.29, 0.717) is 5.92 Å². The molecule has 2 aromatic rings. The highest BCUT2D eigenvalue weighted by atomic mass is 16.5. The van der Waals surface area contributed by atoms with Gasteiger partial charge in [0.05, 0.1) is 12.9 Å². The molecular formula is C19H26N4O2. The standard InChI is InChI=1S/C19H26N4O2/c1-16(13-22-12-9-20-15-22)21-19(24)23-10-7-17(8-11-23)14-25-18-5-3-2-4-6-18/h2-6,9,12,15-17H,7-8,10-11,13-14H2,1H3,(H,21,24)/t16-/m1/s1. The molecule has 1 fully saturated rings. The lowest BCUT2D eigenvalue weighted by Gasteiger charge is -2.32. The van der Waals surface area contributed by atoms with Gasteiger partial charge in [-0.1, -0.05) is 18.2 Å². The number of rotatable bonds is 6. The second-order valence-electron chi connectivity index (χ2n) is 6.66. The number of hydrogen-bond donors (Lipinski definition) is 1. The maximum Gasteiger partial charge on any atom is 0.317 e. The molecule has 6 heteroatoms. The molecule has 1 aliphatic rings. The summed E-state index contributed by atoms with van der Waals surface area (Å²) in [7, 11) is 0. The normalized spacial score (nSPS) is 16.4. The molecule has 0 bridgehead atoms. The Balaban J connectivity index is 1.37. The molecule has 0 saturated carbocycles. The average Bonchev–Trinajstić information content (AvgIpc) is 3.14. The van der Waals surface area contributed by atoms with Gasteiger partial charge >= 0.3 is 6.03 Å². The summed E-state index contributed by atoms with van der Waals surface area (Å²) in [6.07, 6.45) is 7.38. The number of carbonyl (C=O) groups excluding carboxylic acids is 1. The van der Waals surface area contributed by atoms with Crippen molar-refractivity contribution in [3.63, 3.8) is 0 Å². The molecular weight excluding hydrogens is 316 g/mol. The number of benzene rings is 1. The number of ether oxygens (including phenoxy) is 1. The van der Waals surface area contributed by atoms with Crippen LogP contribution in [0.15, 0.2) is 49.1 Å². The monoisotopic (exact) mass is 342 g/mol. The molecule has 1 aliphatic heterocycles. The lowest BCUT2D eigenvalue weighted by molar-refractivity contribution is 0.143. The third-order valence-electron chi connectivity index (χ3n) is 4.54. The first-order valence-electron chi connectivity index (χ1n) is 8.90. The van der Waals surface area contributed by atoms with E-state index in [1.54, 1.807) is 12.5 Å². The predicted octanol–water partition coefficient (Wildman–Crippen LogP) is 2.77. The topological polar surface area (TPSA) is 59.4 Å². The van der Waals surface area contributed by atoms with Gasteiger partial charge in [-0.25, -0.2) is 9.78 Å². The number of likely N-dealkylation sites (tertiary alicyclic amines) is 1. The van der Waals surface area contributed by atoms with E-state index >= 15 is 0 Å². The van der Waals surface area contributed by atoms with Gasteiger partial charge in [-0.15, -0.1) is 0 Å². The van der Waals surface area contributed by atoms with E-state index in [1.807, 2.05) is 52.9 Å². The Morgan fingerprint density at radius 2 is 2.08 bits per heavy atom. The van der Waals surface area contributed by atoms with E-state index in [1.165, 1.54) is 0 Å². The Labute approximate surface area is 148 Å². The van der Waals surface area contributed by atoms with Gasteiger partial charge < -0.3 is 19.5 Å². The summed E-state index contributed by atoms with van der Waals surface area (Å²) in [4.78, 5) is 18.3. The summed E-state index contributed by atoms with van der Waals surface area (Å²) in [5, 5.41) is 3.07. The van der Waals surface area contributed by atoms with Gasteiger partial charge in [-0.2, -0.15) is 0 Å². The van der Waals surface area contributed by atoms with Crippen LogP contribution in [0.1, 0.15) is 19.8 Å². The quantitative estimate of drug-likeness (QED) is 0.878. The SMILES string of the molecule is C[C@H](Cn1ccnc1)NC(=O)N1CCC(COc2ccccc2)CC1. The molecule has 1 atom stereocenters. The molecule has 6 nitrogen and oxygen atoms in total. The first-order valence-corrected chi connectivity index (χ1v) is 8.90. The van der Waals surface area contributed by atoms with Gasteiger partial charge in [0.2, 0.25) is 0 Å². The molecule has 134 valence electrons. The Morgan fingerprint density at radius 1 is 1.32 bits per heavy atom. The van der Waals surface area contributed by atoms with Crippen molar-refractivity contribution >= 4 is 6.03 Å². The lowest BCUT2D eigenvalue weighted by Crippen LogP contribution is -2.48. The minimum absolute atomic E-state index is 0.0232. The van der Waals surface area contributed by atoms with Crippen molar-refractivity contribution in [1.29, 1.82) is 0 Å². The fraction of sp³-hybridized carbons (Fsp3) is 0.474. The molecule has 0 radical (unpaired) electrons. The first kappa shape index (κ1) is 17.3. The second-order valence-corrected chi connectivity index (χ2v) is 6.66. The van der Waals surface area contributed by atoms with Crippen LogP contribution in [0.4, 0.5) is 4.79 Å². The molecule has 3 rings (SSSR count). The van der Waals surface area contributed by atoms with Crippen LogP contribution in [-0.2, 0) is 6.54 Å². The van der Waals surface area contributed by atoms with Crippen LogP contribution < -0.4 is 10.1 Å². The first-order chi connectivity index (χ1) is 12.2. The zero-order chi connectivity index (χ0) is 17.5. The van der Waals surface area contributed by atoms with Crippen LogP contribution >= 0.6 is 0 Å². The van der Waals surface area contributed by atoms with Gasteiger partial charge in [0.15, 0.2) is 0 Å². The van der Waals surface area contributed by atoms with Crippen molar-refractivity contribution in [3.05, 3.63) is 49.1 Å². The minimum Gasteiger partial charge on any atom is -0.493 e. The number of amides is 2. The van der Waals surface area contributed by atoms with Crippen molar-refractivity contribution in [2.75, 3.05) is 19.7 Å². The fourth-order valence-corrected chi connectivity index (χ4v) is 3.09. The van der Waals surface area contributed by atoms with E-state index in [9.17, 15) is 4.79 Å². The van der Waals surface area contributed by atoms with Gasteiger partial charge in [0.25, 0.3) is 0 Å². The largest absolute Gasteiger partial charge is 0.493 e. The van der Waals surface area contributed by atoms with E-state index in [4.69, 9.17) is 4.74 Å². The second kappa shape index (κ2) is 8.55. The van der Waals surface area contributed by atoms with Crippen LogP contribution in [0.2, 0.25) is 0 Å². The van der Waals surface area contributed by atoms with Gasteiger partial charge in [0.1, 0.15) is 5.75 Å². The third kappa shape index (κ3) is 5.24. The number of nitrogens with one attached hydrogen (secondary N) is 1. The number of aromatic nitrogens is 2. The van der Waals surface area contributed by atoms with Crippen LogP contribution in [0, 0.1) is 5.92 Å². The smallest absolute Gasteiger partial charge is 0.317 e. The highest BCUT2D eigenvalue weighted by molar-refractivity contribution is 5.74. The molecule has 1 aromatic carbocycles. The van der Waals surface area contributed by atoms with Crippen molar-refractivity contribution in [2.45, 2.75) is 32.4 Å². The fourth-order valence-electron chi connectivity index (χ4n) is 3.09. The van der Waals surface area contributed by atoms with Gasteiger partial charge in [0, 0.05) is 38.1 Å². The van der Waals surface area contributed by atoms with Gasteiger partial charge in [-0.05, 0) is 37.8 Å². The summed E-state index contributed by atoms with van der Waals surface area (Å²) in [6, 6.07) is 9.99. The molecule has 25 heavy (non-hydrogen) atoms. The van der Waals surface area contributed by atoms with E-state index in [-0.39, 0.29) is 12.1 Å². The molecule has 1 aromatic heterocycles. The van der Waals surface area contributed by atoms with Crippen molar-refractivity contribution in [2.24, 2.45) is 5.92 Å². The van der Waals surface area contributed by atoms with E-state index in [2.05, 4.69) is 10.3 Å². The Morgan fingerprint density at radius 3 is 2.76 bits per heavy atom. The lowest BCUT2D eigenvalue weighted by atomic mass is 9.98. The number of hydrogen-bond acceptors (Lipinski definition) is 3. The Kier molecular flexibility index (Phi) is 5.93.